The Labute approximate surface area is 187 Å². The third-order valence-corrected chi connectivity index (χ3v) is 7.49. The van der Waals surface area contributed by atoms with E-state index in [9.17, 15) is 0 Å². The highest BCUT2D eigenvalue weighted by Gasteiger charge is 2.24. The fraction of sp³-hybridized carbons (Fsp3) is 0.500. The molecule has 1 aliphatic heterocycles. The standard InChI is InChI=1S/C28H37N3/c1-3-11-24(12-4-1)27-23-31(28-16-8-7-15-26(27)28)18-10-9-17-29-19-21-30(22-20-29)25-13-5-2-6-14-25/h1,3-4,7-8,11-12,15-16,23,25H,2,5-6,9-10,13-14,17-22H2. The average molecular weight is 416 g/mol. The fourth-order valence-electron chi connectivity index (χ4n) is 5.70. The van der Waals surface area contributed by atoms with E-state index < -0.39 is 0 Å². The van der Waals surface area contributed by atoms with Crippen LogP contribution in [0, 0.1) is 0 Å². The van der Waals surface area contributed by atoms with Crippen LogP contribution in [0.2, 0.25) is 0 Å². The Balaban J connectivity index is 1.13. The Morgan fingerprint density at radius 1 is 0.710 bits per heavy atom. The monoisotopic (exact) mass is 415 g/mol. The summed E-state index contributed by atoms with van der Waals surface area (Å²) in [5.74, 6) is 0. The van der Waals surface area contributed by atoms with Crippen LogP contribution < -0.4 is 0 Å². The van der Waals surface area contributed by atoms with Gasteiger partial charge >= 0.3 is 0 Å². The zero-order valence-corrected chi connectivity index (χ0v) is 18.9. The number of para-hydroxylation sites is 1. The molecule has 31 heavy (non-hydrogen) atoms. The molecule has 0 amide bonds. The predicted octanol–water partition coefficient (Wildman–Crippen LogP) is 6.04. The van der Waals surface area contributed by atoms with Crippen molar-refractivity contribution >= 4 is 10.9 Å². The van der Waals surface area contributed by atoms with Gasteiger partial charge in [0.2, 0.25) is 0 Å². The Morgan fingerprint density at radius 3 is 2.23 bits per heavy atom. The largest absolute Gasteiger partial charge is 0.347 e. The molecule has 0 unspecified atom stereocenters. The molecular weight excluding hydrogens is 378 g/mol. The van der Waals surface area contributed by atoms with Crippen LogP contribution in [0.25, 0.3) is 22.0 Å². The van der Waals surface area contributed by atoms with Gasteiger partial charge in [0.25, 0.3) is 0 Å². The summed E-state index contributed by atoms with van der Waals surface area (Å²) in [6.45, 7) is 7.46. The highest BCUT2D eigenvalue weighted by Crippen LogP contribution is 2.30. The second-order valence-electron chi connectivity index (χ2n) is 9.50. The van der Waals surface area contributed by atoms with Crippen molar-refractivity contribution in [3.8, 4) is 11.1 Å². The van der Waals surface area contributed by atoms with Gasteiger partial charge in [-0.2, -0.15) is 0 Å². The fourth-order valence-corrected chi connectivity index (χ4v) is 5.70. The van der Waals surface area contributed by atoms with Crippen LogP contribution in [0.5, 0.6) is 0 Å². The molecule has 1 saturated carbocycles. The second kappa shape index (κ2) is 10.0. The Kier molecular flexibility index (Phi) is 6.71. The van der Waals surface area contributed by atoms with Crippen molar-refractivity contribution in [3.05, 3.63) is 60.8 Å². The zero-order valence-electron chi connectivity index (χ0n) is 18.9. The summed E-state index contributed by atoms with van der Waals surface area (Å²) in [7, 11) is 0. The maximum Gasteiger partial charge on any atom is 0.0486 e. The number of hydrogen-bond donors (Lipinski definition) is 0. The number of unbranched alkanes of at least 4 members (excludes halogenated alkanes) is 1. The summed E-state index contributed by atoms with van der Waals surface area (Å²) in [6, 6.07) is 20.6. The number of benzene rings is 2. The lowest BCUT2D eigenvalue weighted by atomic mass is 9.94. The van der Waals surface area contributed by atoms with Crippen LogP contribution in [-0.4, -0.2) is 53.1 Å². The maximum atomic E-state index is 2.78. The van der Waals surface area contributed by atoms with Gasteiger partial charge in [0, 0.05) is 61.4 Å². The van der Waals surface area contributed by atoms with Crippen molar-refractivity contribution in [2.75, 3.05) is 32.7 Å². The van der Waals surface area contributed by atoms with Crippen LogP contribution in [0.1, 0.15) is 44.9 Å². The molecule has 3 nitrogen and oxygen atoms in total. The van der Waals surface area contributed by atoms with Crippen LogP contribution in [-0.2, 0) is 6.54 Å². The molecule has 2 aliphatic rings. The molecule has 5 rings (SSSR count). The van der Waals surface area contributed by atoms with Gasteiger partial charge in [0.15, 0.2) is 0 Å². The molecule has 1 aliphatic carbocycles. The summed E-state index contributed by atoms with van der Waals surface area (Å²) in [6.07, 6.45) is 12.1. The molecule has 2 aromatic carbocycles. The SMILES string of the molecule is c1ccc(-c2cn(CCCCN3CCN(C4CCCCC4)CC3)c3ccccc23)cc1. The van der Waals surface area contributed by atoms with Crippen molar-refractivity contribution in [3.63, 3.8) is 0 Å². The highest BCUT2D eigenvalue weighted by molar-refractivity contribution is 5.96. The minimum Gasteiger partial charge on any atom is -0.347 e. The van der Waals surface area contributed by atoms with E-state index in [0.717, 1.165) is 12.6 Å². The Bertz CT molecular complexity index is 947. The first-order chi connectivity index (χ1) is 15.4. The van der Waals surface area contributed by atoms with Crippen LogP contribution in [0.4, 0.5) is 0 Å². The van der Waals surface area contributed by atoms with Gasteiger partial charge in [-0.15, -0.1) is 0 Å². The molecule has 2 heterocycles. The Hall–Kier alpha value is -2.10. The molecule has 0 N–H and O–H groups in total. The van der Waals surface area contributed by atoms with Gasteiger partial charge in [-0.25, -0.2) is 0 Å². The molecule has 3 heteroatoms. The summed E-state index contributed by atoms with van der Waals surface area (Å²) >= 11 is 0. The van der Waals surface area contributed by atoms with Gasteiger partial charge in [-0.05, 0) is 43.9 Å². The lowest BCUT2D eigenvalue weighted by Crippen LogP contribution is -2.50. The molecule has 2 fully saturated rings. The van der Waals surface area contributed by atoms with Crippen molar-refractivity contribution in [1.82, 2.24) is 14.4 Å². The topological polar surface area (TPSA) is 11.4 Å². The smallest absolute Gasteiger partial charge is 0.0486 e. The first-order valence-electron chi connectivity index (χ1n) is 12.5. The van der Waals surface area contributed by atoms with E-state index in [2.05, 4.69) is 75.2 Å². The first-order valence-corrected chi connectivity index (χ1v) is 12.5. The first kappa shape index (κ1) is 20.8. The molecule has 0 bridgehead atoms. The highest BCUT2D eigenvalue weighted by atomic mass is 15.3. The molecular formula is C28H37N3. The van der Waals surface area contributed by atoms with Gasteiger partial charge < -0.3 is 9.47 Å². The quantitative estimate of drug-likeness (QED) is 0.436. The van der Waals surface area contributed by atoms with E-state index in [0.29, 0.717) is 0 Å². The number of rotatable bonds is 7. The number of nitrogens with zero attached hydrogens (tertiary/aromatic N) is 3. The Morgan fingerprint density at radius 2 is 1.42 bits per heavy atom. The molecule has 0 radical (unpaired) electrons. The van der Waals surface area contributed by atoms with E-state index in [1.165, 1.54) is 99.7 Å². The molecule has 0 spiro atoms. The summed E-state index contributed by atoms with van der Waals surface area (Å²) < 4.78 is 2.47. The molecule has 1 aromatic heterocycles. The van der Waals surface area contributed by atoms with E-state index in [-0.39, 0.29) is 0 Å². The second-order valence-corrected chi connectivity index (χ2v) is 9.50. The van der Waals surface area contributed by atoms with Crippen LogP contribution >= 0.6 is 0 Å². The van der Waals surface area contributed by atoms with Gasteiger partial charge in [-0.3, -0.25) is 4.90 Å². The molecule has 1 saturated heterocycles. The van der Waals surface area contributed by atoms with Crippen LogP contribution in [0.3, 0.4) is 0 Å². The van der Waals surface area contributed by atoms with Gasteiger partial charge in [-0.1, -0.05) is 67.8 Å². The zero-order chi connectivity index (χ0) is 20.9. The number of aryl methyl sites for hydroxylation is 1. The third kappa shape index (κ3) is 4.88. The number of piperazine rings is 1. The van der Waals surface area contributed by atoms with Crippen molar-refractivity contribution in [1.29, 1.82) is 0 Å². The average Bonchev–Trinajstić information content (AvgIpc) is 3.22. The molecule has 3 aromatic rings. The molecule has 0 atom stereocenters. The van der Waals surface area contributed by atoms with Crippen molar-refractivity contribution < 1.29 is 0 Å². The minimum atomic E-state index is 0.886. The van der Waals surface area contributed by atoms with E-state index in [1.54, 1.807) is 0 Å². The van der Waals surface area contributed by atoms with E-state index >= 15 is 0 Å². The number of fused-ring (bicyclic) bond motifs is 1. The maximum absolute atomic E-state index is 2.78. The van der Waals surface area contributed by atoms with Gasteiger partial charge in [0.05, 0.1) is 0 Å². The lowest BCUT2D eigenvalue weighted by molar-refractivity contribution is 0.0781. The van der Waals surface area contributed by atoms with Crippen molar-refractivity contribution in [2.45, 2.75) is 57.5 Å². The summed E-state index contributed by atoms with van der Waals surface area (Å²) in [5.41, 5.74) is 4.03. The summed E-state index contributed by atoms with van der Waals surface area (Å²) in [5, 5.41) is 1.37. The van der Waals surface area contributed by atoms with E-state index in [4.69, 9.17) is 0 Å². The third-order valence-electron chi connectivity index (χ3n) is 7.49. The van der Waals surface area contributed by atoms with E-state index in [1.807, 2.05) is 0 Å². The van der Waals surface area contributed by atoms with Crippen molar-refractivity contribution in [2.24, 2.45) is 0 Å². The predicted molar refractivity (Wildman–Crippen MR) is 131 cm³/mol. The normalized spacial score (nSPS) is 19.2. The summed E-state index contributed by atoms with van der Waals surface area (Å²) in [4.78, 5) is 5.48. The number of aromatic nitrogens is 1. The minimum absolute atomic E-state index is 0.886. The van der Waals surface area contributed by atoms with Gasteiger partial charge in [0.1, 0.15) is 0 Å². The van der Waals surface area contributed by atoms with Crippen LogP contribution in [0.15, 0.2) is 60.8 Å². The lowest BCUT2D eigenvalue weighted by Gasteiger charge is -2.40. The number of hydrogen-bond acceptors (Lipinski definition) is 2. The molecule has 164 valence electrons.